The molecule has 0 spiro atoms. The standard InChI is InChI=1S/C18H32N4/c1-16(2)9-6-4-5-7-13-21-18(19-3)22-14-11-17-10-8-12-20-15-17/h8,10,12,15-16H,4-7,9,11,13-14H2,1-3H3,(H2,19,21,22). The van der Waals surface area contributed by atoms with E-state index in [9.17, 15) is 0 Å². The van der Waals surface area contributed by atoms with E-state index < -0.39 is 0 Å². The van der Waals surface area contributed by atoms with E-state index in [0.29, 0.717) is 0 Å². The summed E-state index contributed by atoms with van der Waals surface area (Å²) >= 11 is 0. The first kappa shape index (κ1) is 18.5. The summed E-state index contributed by atoms with van der Waals surface area (Å²) in [6.07, 6.45) is 11.2. The van der Waals surface area contributed by atoms with Crippen LogP contribution < -0.4 is 10.6 Å². The van der Waals surface area contributed by atoms with Crippen molar-refractivity contribution in [2.45, 2.75) is 52.4 Å². The predicted octanol–water partition coefficient (Wildman–Crippen LogP) is 3.40. The van der Waals surface area contributed by atoms with Crippen LogP contribution in [0.3, 0.4) is 0 Å². The summed E-state index contributed by atoms with van der Waals surface area (Å²) in [5.41, 5.74) is 1.25. The fourth-order valence-electron chi connectivity index (χ4n) is 2.33. The minimum atomic E-state index is 0.834. The zero-order valence-corrected chi connectivity index (χ0v) is 14.4. The lowest BCUT2D eigenvalue weighted by Gasteiger charge is -2.12. The molecule has 1 aromatic heterocycles. The molecule has 2 N–H and O–H groups in total. The molecule has 0 amide bonds. The Balaban J connectivity index is 2.03. The van der Waals surface area contributed by atoms with Gasteiger partial charge in [-0.05, 0) is 30.4 Å². The molecule has 1 heterocycles. The van der Waals surface area contributed by atoms with Gasteiger partial charge in [0.15, 0.2) is 5.96 Å². The zero-order valence-electron chi connectivity index (χ0n) is 14.4. The van der Waals surface area contributed by atoms with Crippen LogP contribution in [-0.4, -0.2) is 31.1 Å². The number of hydrogen-bond acceptors (Lipinski definition) is 2. The van der Waals surface area contributed by atoms with Crippen molar-refractivity contribution >= 4 is 5.96 Å². The highest BCUT2D eigenvalue weighted by molar-refractivity contribution is 5.79. The summed E-state index contributed by atoms with van der Waals surface area (Å²) in [6, 6.07) is 4.07. The third-order valence-electron chi connectivity index (χ3n) is 3.65. The Morgan fingerprint density at radius 2 is 1.91 bits per heavy atom. The van der Waals surface area contributed by atoms with Crippen molar-refractivity contribution in [3.05, 3.63) is 30.1 Å². The molecular formula is C18H32N4. The summed E-state index contributed by atoms with van der Waals surface area (Å²) in [7, 11) is 1.82. The van der Waals surface area contributed by atoms with Crippen molar-refractivity contribution in [2.75, 3.05) is 20.1 Å². The van der Waals surface area contributed by atoms with Gasteiger partial charge in [0, 0.05) is 32.5 Å². The van der Waals surface area contributed by atoms with Crippen molar-refractivity contribution < 1.29 is 0 Å². The quantitative estimate of drug-likeness (QED) is 0.396. The summed E-state index contributed by atoms with van der Waals surface area (Å²) in [6.45, 7) is 6.46. The summed E-state index contributed by atoms with van der Waals surface area (Å²) in [4.78, 5) is 8.38. The Morgan fingerprint density at radius 1 is 1.14 bits per heavy atom. The molecule has 0 saturated heterocycles. The molecule has 0 saturated carbocycles. The van der Waals surface area contributed by atoms with E-state index in [1.807, 2.05) is 19.3 Å². The molecule has 0 unspecified atom stereocenters. The third kappa shape index (κ3) is 9.37. The number of pyridine rings is 1. The molecule has 0 bridgehead atoms. The molecule has 22 heavy (non-hydrogen) atoms. The summed E-state index contributed by atoms with van der Waals surface area (Å²) in [5.74, 6) is 1.73. The molecule has 0 aliphatic carbocycles. The Labute approximate surface area is 135 Å². The minimum absolute atomic E-state index is 0.834. The van der Waals surface area contributed by atoms with Crippen molar-refractivity contribution in [3.8, 4) is 0 Å². The number of aromatic nitrogens is 1. The molecular weight excluding hydrogens is 272 g/mol. The fourth-order valence-corrected chi connectivity index (χ4v) is 2.33. The fraction of sp³-hybridized carbons (Fsp3) is 0.667. The summed E-state index contributed by atoms with van der Waals surface area (Å²) in [5, 5.41) is 6.72. The molecule has 0 aliphatic heterocycles. The normalized spacial score (nSPS) is 11.7. The van der Waals surface area contributed by atoms with Crippen LogP contribution in [0.5, 0.6) is 0 Å². The van der Waals surface area contributed by atoms with Crippen molar-refractivity contribution in [3.63, 3.8) is 0 Å². The molecule has 0 fully saturated rings. The van der Waals surface area contributed by atoms with Gasteiger partial charge < -0.3 is 10.6 Å². The molecule has 0 atom stereocenters. The van der Waals surface area contributed by atoms with E-state index in [1.54, 1.807) is 6.20 Å². The molecule has 4 heteroatoms. The van der Waals surface area contributed by atoms with Crippen LogP contribution in [0.4, 0.5) is 0 Å². The number of hydrogen-bond donors (Lipinski definition) is 2. The molecule has 124 valence electrons. The second-order valence-electron chi connectivity index (χ2n) is 6.13. The van der Waals surface area contributed by atoms with Crippen LogP contribution in [0.25, 0.3) is 0 Å². The van der Waals surface area contributed by atoms with Crippen LogP contribution in [0.2, 0.25) is 0 Å². The maximum atomic E-state index is 4.26. The maximum absolute atomic E-state index is 4.26. The second-order valence-corrected chi connectivity index (χ2v) is 6.13. The molecule has 4 nitrogen and oxygen atoms in total. The molecule has 0 aliphatic rings. The minimum Gasteiger partial charge on any atom is -0.356 e. The Kier molecular flexibility index (Phi) is 10.1. The van der Waals surface area contributed by atoms with Crippen molar-refractivity contribution in [1.29, 1.82) is 0 Å². The van der Waals surface area contributed by atoms with Gasteiger partial charge in [0.2, 0.25) is 0 Å². The highest BCUT2D eigenvalue weighted by atomic mass is 15.2. The monoisotopic (exact) mass is 304 g/mol. The van der Waals surface area contributed by atoms with Gasteiger partial charge in [0.25, 0.3) is 0 Å². The molecule has 1 rings (SSSR count). The molecule has 0 radical (unpaired) electrons. The van der Waals surface area contributed by atoms with Gasteiger partial charge in [-0.25, -0.2) is 0 Å². The van der Waals surface area contributed by atoms with Crippen LogP contribution >= 0.6 is 0 Å². The van der Waals surface area contributed by atoms with Gasteiger partial charge >= 0.3 is 0 Å². The number of guanidine groups is 1. The Hall–Kier alpha value is -1.58. The number of aliphatic imine (C=N–C) groups is 1. The first-order valence-corrected chi connectivity index (χ1v) is 8.55. The van der Waals surface area contributed by atoms with Gasteiger partial charge in [-0.3, -0.25) is 9.98 Å². The average molecular weight is 304 g/mol. The molecule has 1 aromatic rings. The third-order valence-corrected chi connectivity index (χ3v) is 3.65. The van der Waals surface area contributed by atoms with Gasteiger partial charge in [0.1, 0.15) is 0 Å². The van der Waals surface area contributed by atoms with E-state index in [0.717, 1.165) is 31.4 Å². The van der Waals surface area contributed by atoms with Gasteiger partial charge in [-0.15, -0.1) is 0 Å². The van der Waals surface area contributed by atoms with E-state index in [2.05, 4.69) is 40.5 Å². The highest BCUT2D eigenvalue weighted by Gasteiger charge is 1.98. The first-order valence-electron chi connectivity index (χ1n) is 8.55. The van der Waals surface area contributed by atoms with Crippen molar-refractivity contribution in [2.24, 2.45) is 10.9 Å². The molecule has 0 aromatic carbocycles. The highest BCUT2D eigenvalue weighted by Crippen LogP contribution is 2.08. The number of unbranched alkanes of at least 4 members (excludes halogenated alkanes) is 3. The van der Waals surface area contributed by atoms with Gasteiger partial charge in [-0.2, -0.15) is 0 Å². The lowest BCUT2D eigenvalue weighted by molar-refractivity contribution is 0.518. The topological polar surface area (TPSA) is 49.3 Å². The number of nitrogens with zero attached hydrogens (tertiary/aromatic N) is 2. The Bertz CT molecular complexity index is 401. The smallest absolute Gasteiger partial charge is 0.190 e. The van der Waals surface area contributed by atoms with Crippen molar-refractivity contribution in [1.82, 2.24) is 15.6 Å². The SMILES string of the molecule is CN=C(NCCCCCCC(C)C)NCCc1cccnc1. The maximum Gasteiger partial charge on any atom is 0.190 e. The second kappa shape index (κ2) is 12.0. The zero-order chi connectivity index (χ0) is 16.0. The number of nitrogens with one attached hydrogen (secondary N) is 2. The summed E-state index contributed by atoms with van der Waals surface area (Å²) < 4.78 is 0. The average Bonchev–Trinajstić information content (AvgIpc) is 2.53. The first-order chi connectivity index (χ1) is 10.7. The van der Waals surface area contributed by atoms with Crippen LogP contribution in [0.1, 0.15) is 51.5 Å². The number of rotatable bonds is 10. The lowest BCUT2D eigenvalue weighted by atomic mass is 10.0. The van der Waals surface area contributed by atoms with Crippen LogP contribution in [0.15, 0.2) is 29.5 Å². The van der Waals surface area contributed by atoms with E-state index >= 15 is 0 Å². The van der Waals surface area contributed by atoms with Gasteiger partial charge in [-0.1, -0.05) is 45.6 Å². The van der Waals surface area contributed by atoms with E-state index in [4.69, 9.17) is 0 Å². The van der Waals surface area contributed by atoms with Crippen LogP contribution in [-0.2, 0) is 6.42 Å². The lowest BCUT2D eigenvalue weighted by Crippen LogP contribution is -2.38. The Morgan fingerprint density at radius 3 is 2.59 bits per heavy atom. The largest absolute Gasteiger partial charge is 0.356 e. The van der Waals surface area contributed by atoms with Gasteiger partial charge in [0.05, 0.1) is 0 Å². The predicted molar refractivity (Wildman–Crippen MR) is 95.2 cm³/mol. The van der Waals surface area contributed by atoms with Crippen LogP contribution in [0, 0.1) is 5.92 Å². The van der Waals surface area contributed by atoms with E-state index in [-0.39, 0.29) is 0 Å². The van der Waals surface area contributed by atoms with E-state index in [1.165, 1.54) is 37.7 Å².